The predicted molar refractivity (Wildman–Crippen MR) is 202 cm³/mol. The number of fused-ring (bicyclic) bond motifs is 6. The number of hydrogen-bond acceptors (Lipinski definition) is 8. The Morgan fingerprint density at radius 1 is 0.769 bits per heavy atom. The van der Waals surface area contributed by atoms with Crippen LogP contribution in [0.2, 0.25) is 0 Å². The fourth-order valence-corrected chi connectivity index (χ4v) is 8.43. The summed E-state index contributed by atoms with van der Waals surface area (Å²) in [4.78, 5) is 50.8. The van der Waals surface area contributed by atoms with Gasteiger partial charge < -0.3 is 10.0 Å². The van der Waals surface area contributed by atoms with Crippen molar-refractivity contribution in [3.8, 4) is 0 Å². The first-order valence-corrected chi connectivity index (χ1v) is 18.0. The summed E-state index contributed by atoms with van der Waals surface area (Å²) in [5, 5.41) is 16.0. The molecule has 2 atom stereocenters. The van der Waals surface area contributed by atoms with Crippen LogP contribution < -0.4 is 4.90 Å². The van der Waals surface area contributed by atoms with Crippen LogP contribution in [0.3, 0.4) is 0 Å². The quantitative estimate of drug-likeness (QED) is 0.0419. The second kappa shape index (κ2) is 14.1. The number of carbonyl (C=O) groups excluding carboxylic acids is 2. The number of rotatable bonds is 12. The third-order valence-corrected chi connectivity index (χ3v) is 11.1. The minimum atomic E-state index is -1.50. The highest BCUT2D eigenvalue weighted by atomic mass is 17.2. The lowest BCUT2D eigenvalue weighted by Crippen LogP contribution is -2.31. The Balaban J connectivity index is 1.32. The average Bonchev–Trinajstić information content (AvgIpc) is 3.59. The van der Waals surface area contributed by atoms with Gasteiger partial charge in [0.15, 0.2) is 23.8 Å². The highest BCUT2D eigenvalue weighted by Gasteiger charge is 2.51. The van der Waals surface area contributed by atoms with Crippen LogP contribution in [0.1, 0.15) is 51.7 Å². The number of carbonyl (C=O) groups is 2. The molecule has 270 valence electrons. The summed E-state index contributed by atoms with van der Waals surface area (Å²) >= 11 is 0. The highest BCUT2D eigenvalue weighted by molar-refractivity contribution is 6.31. The van der Waals surface area contributed by atoms with E-state index in [1.165, 1.54) is 14.2 Å². The number of allylic oxidation sites excluding steroid dienone is 2. The molecule has 2 aliphatic heterocycles. The molecule has 0 bridgehead atoms. The van der Waals surface area contributed by atoms with E-state index in [1.54, 1.807) is 6.08 Å². The maximum absolute atomic E-state index is 14.5. The lowest BCUT2D eigenvalue weighted by atomic mass is 9.80. The van der Waals surface area contributed by atoms with Crippen LogP contribution in [0.4, 0.5) is 11.4 Å². The van der Waals surface area contributed by atoms with Gasteiger partial charge >= 0.3 is 0 Å². The van der Waals surface area contributed by atoms with E-state index in [2.05, 4.69) is 85.7 Å². The molecule has 0 saturated heterocycles. The maximum Gasteiger partial charge on any atom is 0.217 e. The van der Waals surface area contributed by atoms with Crippen molar-refractivity contribution in [2.45, 2.75) is 57.5 Å². The molecule has 0 spiro atoms. The van der Waals surface area contributed by atoms with Crippen molar-refractivity contribution in [2.24, 2.45) is 5.92 Å². The molecule has 1 N–H and O–H groups in total. The van der Waals surface area contributed by atoms with Crippen molar-refractivity contribution in [2.75, 3.05) is 45.4 Å². The number of aliphatic hydroxyl groups is 1. The molecule has 1 aliphatic carbocycles. The van der Waals surface area contributed by atoms with Crippen molar-refractivity contribution in [1.29, 1.82) is 0 Å². The van der Waals surface area contributed by atoms with E-state index in [0.717, 1.165) is 55.5 Å². The highest BCUT2D eigenvalue weighted by Crippen LogP contribution is 2.52. The maximum atomic E-state index is 14.5. The van der Waals surface area contributed by atoms with Crippen LogP contribution >= 0.6 is 0 Å². The summed E-state index contributed by atoms with van der Waals surface area (Å²) in [6.07, 6.45) is 3.37. The van der Waals surface area contributed by atoms with Crippen molar-refractivity contribution in [1.82, 2.24) is 0 Å². The Hall–Kier alpha value is -4.51. The third-order valence-electron chi connectivity index (χ3n) is 11.1. The summed E-state index contributed by atoms with van der Waals surface area (Å²) in [6.45, 7) is 10.4. The van der Waals surface area contributed by atoms with E-state index in [1.807, 2.05) is 30.3 Å². The molecule has 0 radical (unpaired) electrons. The topological polar surface area (TPSA) is 97.5 Å². The number of nitrogens with zero attached hydrogens (tertiary/aromatic N) is 2. The summed E-state index contributed by atoms with van der Waals surface area (Å²) in [7, 11) is 2.98. The zero-order chi connectivity index (χ0) is 36.8. The smallest absolute Gasteiger partial charge is 0.217 e. The van der Waals surface area contributed by atoms with Crippen LogP contribution in [-0.2, 0) is 40.0 Å². The third kappa shape index (κ3) is 5.90. The number of Topliss-reactive ketones (excluding diaryl/α,β-unsaturated/α-hetero) is 2. The second-order valence-electron chi connectivity index (χ2n) is 14.8. The van der Waals surface area contributed by atoms with Gasteiger partial charge in [-0.1, -0.05) is 86.7 Å². The van der Waals surface area contributed by atoms with Gasteiger partial charge in [0.05, 0.1) is 55.4 Å². The normalized spacial score (nSPS) is 22.1. The minimum absolute atomic E-state index is 0.0199. The molecular weight excluding hydrogens is 656 g/mol. The minimum Gasteiger partial charge on any atom is -0.384 e. The van der Waals surface area contributed by atoms with E-state index in [-0.39, 0.29) is 11.4 Å². The predicted octanol–water partition coefficient (Wildman–Crippen LogP) is 7.04. The van der Waals surface area contributed by atoms with E-state index < -0.39 is 28.6 Å². The van der Waals surface area contributed by atoms with Crippen LogP contribution in [0.25, 0.3) is 21.5 Å². The van der Waals surface area contributed by atoms with Gasteiger partial charge in [-0.15, -0.1) is 0 Å². The van der Waals surface area contributed by atoms with E-state index in [9.17, 15) is 14.7 Å². The van der Waals surface area contributed by atoms with Gasteiger partial charge in [0, 0.05) is 41.1 Å². The Labute approximate surface area is 304 Å². The first kappa shape index (κ1) is 35.9. The van der Waals surface area contributed by atoms with Gasteiger partial charge in [-0.3, -0.25) is 9.59 Å². The molecule has 2 heterocycles. The standard InChI is InChI=1S/C43H47N2O7/c1-42(2)33-19-17-27-13-7-9-15-29(27)37(33)44(21-11-23-51-49-5)35(42)25-31-39(46)32(41(48)40(31)47)26-36-43(3,4)34-20-18-28-14-8-10-16-30(28)38(34)45(36)22-12-24-52-50-6/h7-10,13-20,25-26,31,40,47H,11-12,21-24H2,1-6H3/q+1. The van der Waals surface area contributed by atoms with Gasteiger partial charge in [0.25, 0.3) is 0 Å². The van der Waals surface area contributed by atoms with Gasteiger partial charge in [-0.25, -0.2) is 19.6 Å². The molecule has 9 nitrogen and oxygen atoms in total. The lowest BCUT2D eigenvalue weighted by molar-refractivity contribution is -0.439. The van der Waals surface area contributed by atoms with Crippen LogP contribution in [0, 0.1) is 5.92 Å². The van der Waals surface area contributed by atoms with Crippen molar-refractivity contribution >= 4 is 50.2 Å². The average molecular weight is 704 g/mol. The van der Waals surface area contributed by atoms with Gasteiger partial charge in [-0.2, -0.15) is 4.58 Å². The Bertz CT molecular complexity index is 2160. The molecule has 1 fully saturated rings. The zero-order valence-electron chi connectivity index (χ0n) is 30.8. The molecule has 0 aromatic heterocycles. The molecule has 2 unspecified atom stereocenters. The van der Waals surface area contributed by atoms with Gasteiger partial charge in [-0.05, 0) is 42.7 Å². The van der Waals surface area contributed by atoms with Crippen molar-refractivity contribution < 1.29 is 38.8 Å². The number of aliphatic hydroxyl groups excluding tert-OH is 1. The first-order valence-electron chi connectivity index (χ1n) is 18.0. The van der Waals surface area contributed by atoms with Crippen molar-refractivity contribution in [3.63, 3.8) is 0 Å². The SMILES string of the molecule is COOCCCN1C(=CC2C(=O)C(=CC3=[N+](CCCOOC)c4c(ccc5ccccc45)C3(C)C)C(=O)C2O)C(C)(C)c2ccc3ccccc3c21. The largest absolute Gasteiger partial charge is 0.384 e. The van der Waals surface area contributed by atoms with Gasteiger partial charge in [0.2, 0.25) is 5.69 Å². The molecule has 1 saturated carbocycles. The number of benzene rings is 4. The molecule has 52 heavy (non-hydrogen) atoms. The van der Waals surface area contributed by atoms with Crippen molar-refractivity contribution in [3.05, 3.63) is 107 Å². The van der Waals surface area contributed by atoms with Crippen LogP contribution in [-0.4, -0.2) is 73.6 Å². The molecule has 0 amide bonds. The number of ketones is 2. The molecular formula is C43H47N2O7+. The Morgan fingerprint density at radius 2 is 1.38 bits per heavy atom. The summed E-state index contributed by atoms with van der Waals surface area (Å²) < 4.78 is 2.20. The summed E-state index contributed by atoms with van der Waals surface area (Å²) in [6, 6.07) is 25.0. The van der Waals surface area contributed by atoms with E-state index in [0.29, 0.717) is 39.1 Å². The number of anilines is 1. The first-order chi connectivity index (χ1) is 25.0. The van der Waals surface area contributed by atoms with Gasteiger partial charge in [0.1, 0.15) is 6.10 Å². The second-order valence-corrected chi connectivity index (χ2v) is 14.8. The fourth-order valence-electron chi connectivity index (χ4n) is 8.43. The monoisotopic (exact) mass is 703 g/mol. The molecule has 3 aliphatic rings. The summed E-state index contributed by atoms with van der Waals surface area (Å²) in [5.41, 5.74) is 5.01. The number of hydrogen-bond donors (Lipinski definition) is 1. The molecule has 4 aromatic rings. The summed E-state index contributed by atoms with van der Waals surface area (Å²) in [5.74, 6) is -1.98. The lowest BCUT2D eigenvalue weighted by Gasteiger charge is -2.28. The Morgan fingerprint density at radius 3 is 2.08 bits per heavy atom. The molecule has 4 aromatic carbocycles. The molecule has 9 heteroatoms. The van der Waals surface area contributed by atoms with E-state index >= 15 is 0 Å². The van der Waals surface area contributed by atoms with Crippen LogP contribution in [0.15, 0.2) is 96.2 Å². The Kier molecular flexibility index (Phi) is 9.75. The molecule has 7 rings (SSSR count). The van der Waals surface area contributed by atoms with E-state index in [4.69, 9.17) is 19.6 Å². The van der Waals surface area contributed by atoms with Crippen LogP contribution in [0.5, 0.6) is 0 Å². The fraction of sp³-hybridized carbons (Fsp3) is 0.372. The zero-order valence-corrected chi connectivity index (χ0v) is 30.8.